The van der Waals surface area contributed by atoms with Crippen LogP contribution in [0.3, 0.4) is 0 Å². The van der Waals surface area contributed by atoms with Crippen LogP contribution in [0.25, 0.3) is 0 Å². The van der Waals surface area contributed by atoms with Crippen LogP contribution in [0.15, 0.2) is 0 Å². The van der Waals surface area contributed by atoms with Gasteiger partial charge in [-0.2, -0.15) is 0 Å². The lowest BCUT2D eigenvalue weighted by Crippen LogP contribution is -2.57. The zero-order chi connectivity index (χ0) is 16.3. The number of rotatable bonds is 2. The monoisotopic (exact) mass is 311 g/mol. The van der Waals surface area contributed by atoms with E-state index in [0.29, 0.717) is 12.6 Å². The predicted octanol–water partition coefficient (Wildman–Crippen LogP) is 0.470. The van der Waals surface area contributed by atoms with Crippen molar-refractivity contribution in [3.8, 4) is 0 Å². The van der Waals surface area contributed by atoms with Gasteiger partial charge in [-0.25, -0.2) is 0 Å². The topological polar surface area (TPSA) is 61.9 Å². The first-order valence-corrected chi connectivity index (χ1v) is 8.19. The lowest BCUT2D eigenvalue weighted by molar-refractivity contribution is -0.161. The summed E-state index contributed by atoms with van der Waals surface area (Å²) in [5.41, 5.74) is -0.433. The Morgan fingerprint density at radius 2 is 1.73 bits per heavy atom. The highest BCUT2D eigenvalue weighted by Crippen LogP contribution is 2.21. The molecule has 2 aliphatic heterocycles. The lowest BCUT2D eigenvalue weighted by atomic mass is 9.94. The van der Waals surface area contributed by atoms with Gasteiger partial charge >= 0.3 is 5.97 Å². The number of carbonyl (C=O) groups excluding carboxylic acids is 2. The van der Waals surface area contributed by atoms with Crippen LogP contribution in [-0.2, 0) is 14.3 Å². The van der Waals surface area contributed by atoms with E-state index in [-0.39, 0.29) is 17.8 Å². The standard InChI is InChI=1S/C16H29N3O3/c1-12(20)18-5-7-19(8-6-18)14-9-13(10-17-11-14)15(21)22-16(2,3)4/h13-14,17H,5-11H2,1-4H3/t13-,14+/m1/s1. The first kappa shape index (κ1) is 17.2. The van der Waals surface area contributed by atoms with E-state index >= 15 is 0 Å². The molecule has 2 saturated heterocycles. The molecule has 0 aromatic rings. The van der Waals surface area contributed by atoms with Gasteiger partial charge in [-0.05, 0) is 27.2 Å². The van der Waals surface area contributed by atoms with Gasteiger partial charge in [-0.1, -0.05) is 0 Å². The van der Waals surface area contributed by atoms with E-state index in [4.69, 9.17) is 4.74 Å². The number of piperazine rings is 1. The van der Waals surface area contributed by atoms with E-state index in [0.717, 1.165) is 39.1 Å². The molecule has 6 heteroatoms. The van der Waals surface area contributed by atoms with Gasteiger partial charge in [0, 0.05) is 52.2 Å². The smallest absolute Gasteiger partial charge is 0.310 e. The number of ether oxygens (including phenoxy) is 1. The number of nitrogens with zero attached hydrogens (tertiary/aromatic N) is 2. The third-order valence-electron chi connectivity index (χ3n) is 4.34. The number of amides is 1. The SMILES string of the molecule is CC(=O)N1CCN([C@@H]2CNC[C@H](C(=O)OC(C)(C)C)C2)CC1. The van der Waals surface area contributed by atoms with Crippen LogP contribution in [-0.4, -0.2) is 72.6 Å². The first-order valence-electron chi connectivity index (χ1n) is 8.19. The van der Waals surface area contributed by atoms with E-state index in [9.17, 15) is 9.59 Å². The van der Waals surface area contributed by atoms with Gasteiger partial charge in [0.25, 0.3) is 0 Å². The summed E-state index contributed by atoms with van der Waals surface area (Å²) < 4.78 is 5.51. The molecule has 2 atom stereocenters. The second-order valence-corrected chi connectivity index (χ2v) is 7.32. The molecule has 0 aliphatic carbocycles. The molecule has 0 saturated carbocycles. The zero-order valence-electron chi connectivity index (χ0n) is 14.2. The van der Waals surface area contributed by atoms with Crippen molar-refractivity contribution in [3.05, 3.63) is 0 Å². The summed E-state index contributed by atoms with van der Waals surface area (Å²) in [5, 5.41) is 3.36. The molecule has 0 unspecified atom stereocenters. The van der Waals surface area contributed by atoms with Gasteiger partial charge in [0.1, 0.15) is 5.60 Å². The van der Waals surface area contributed by atoms with E-state index in [1.165, 1.54) is 0 Å². The molecule has 126 valence electrons. The molecule has 2 rings (SSSR count). The summed E-state index contributed by atoms with van der Waals surface area (Å²) in [5.74, 6) is -0.0380. The molecule has 2 fully saturated rings. The predicted molar refractivity (Wildman–Crippen MR) is 84.4 cm³/mol. The summed E-state index contributed by atoms with van der Waals surface area (Å²) in [6.45, 7) is 12.2. The number of nitrogens with one attached hydrogen (secondary N) is 1. The minimum Gasteiger partial charge on any atom is -0.460 e. The van der Waals surface area contributed by atoms with Crippen LogP contribution < -0.4 is 5.32 Å². The number of piperidine rings is 1. The highest BCUT2D eigenvalue weighted by atomic mass is 16.6. The highest BCUT2D eigenvalue weighted by molar-refractivity contribution is 5.73. The Labute approximate surface area is 133 Å². The molecule has 0 bridgehead atoms. The van der Waals surface area contributed by atoms with Crippen molar-refractivity contribution >= 4 is 11.9 Å². The van der Waals surface area contributed by atoms with Crippen LogP contribution in [0.5, 0.6) is 0 Å². The van der Waals surface area contributed by atoms with Crippen molar-refractivity contribution in [1.82, 2.24) is 15.1 Å². The third kappa shape index (κ3) is 4.68. The van der Waals surface area contributed by atoms with Crippen LogP contribution in [0.4, 0.5) is 0 Å². The maximum Gasteiger partial charge on any atom is 0.310 e. The largest absolute Gasteiger partial charge is 0.460 e. The number of hydrogen-bond donors (Lipinski definition) is 1. The van der Waals surface area contributed by atoms with E-state index in [1.54, 1.807) is 6.92 Å². The normalized spacial score (nSPS) is 27.5. The Kier molecular flexibility index (Phi) is 5.45. The first-order chi connectivity index (χ1) is 10.3. The van der Waals surface area contributed by atoms with E-state index in [1.807, 2.05) is 25.7 Å². The van der Waals surface area contributed by atoms with Gasteiger partial charge in [0.15, 0.2) is 0 Å². The quantitative estimate of drug-likeness (QED) is 0.751. The number of hydrogen-bond acceptors (Lipinski definition) is 5. The van der Waals surface area contributed by atoms with Gasteiger partial charge in [-0.15, -0.1) is 0 Å². The maximum atomic E-state index is 12.2. The Bertz CT molecular complexity index is 411. The second kappa shape index (κ2) is 6.96. The van der Waals surface area contributed by atoms with E-state index < -0.39 is 5.60 Å². The fraction of sp³-hybridized carbons (Fsp3) is 0.875. The molecule has 22 heavy (non-hydrogen) atoms. The second-order valence-electron chi connectivity index (χ2n) is 7.32. The molecular weight excluding hydrogens is 282 g/mol. The molecule has 0 aromatic heterocycles. The molecule has 1 N–H and O–H groups in total. The molecule has 1 amide bonds. The molecule has 0 spiro atoms. The average molecular weight is 311 g/mol. The fourth-order valence-corrected chi connectivity index (χ4v) is 3.16. The number of esters is 1. The third-order valence-corrected chi connectivity index (χ3v) is 4.34. The Hall–Kier alpha value is -1.14. The van der Waals surface area contributed by atoms with Crippen molar-refractivity contribution < 1.29 is 14.3 Å². The molecule has 0 aromatic carbocycles. The number of carbonyl (C=O) groups is 2. The Morgan fingerprint density at radius 1 is 1.09 bits per heavy atom. The minimum atomic E-state index is -0.433. The summed E-state index contributed by atoms with van der Waals surface area (Å²) in [4.78, 5) is 27.9. The van der Waals surface area contributed by atoms with Crippen molar-refractivity contribution in [2.75, 3.05) is 39.3 Å². The zero-order valence-corrected chi connectivity index (χ0v) is 14.2. The van der Waals surface area contributed by atoms with Gasteiger partial charge in [0.05, 0.1) is 5.92 Å². The lowest BCUT2D eigenvalue weighted by Gasteiger charge is -2.42. The van der Waals surface area contributed by atoms with Crippen molar-refractivity contribution in [2.45, 2.75) is 45.8 Å². The molecular formula is C16H29N3O3. The van der Waals surface area contributed by atoms with Crippen LogP contribution in [0.1, 0.15) is 34.1 Å². The summed E-state index contributed by atoms with van der Waals surface area (Å²) in [6, 6.07) is 0.348. The Balaban J connectivity index is 1.86. The molecule has 2 heterocycles. The fourth-order valence-electron chi connectivity index (χ4n) is 3.16. The summed E-state index contributed by atoms with van der Waals surface area (Å²) >= 11 is 0. The Morgan fingerprint density at radius 3 is 2.27 bits per heavy atom. The molecule has 2 aliphatic rings. The summed E-state index contributed by atoms with van der Waals surface area (Å²) in [7, 11) is 0. The minimum absolute atomic E-state index is 0.0798. The van der Waals surface area contributed by atoms with Crippen LogP contribution >= 0.6 is 0 Å². The van der Waals surface area contributed by atoms with Crippen molar-refractivity contribution in [3.63, 3.8) is 0 Å². The molecule has 0 radical (unpaired) electrons. The molecule has 6 nitrogen and oxygen atoms in total. The van der Waals surface area contributed by atoms with Crippen molar-refractivity contribution in [2.24, 2.45) is 5.92 Å². The van der Waals surface area contributed by atoms with Gasteiger partial charge < -0.3 is 15.0 Å². The average Bonchev–Trinajstić information content (AvgIpc) is 2.46. The van der Waals surface area contributed by atoms with Crippen LogP contribution in [0.2, 0.25) is 0 Å². The maximum absolute atomic E-state index is 12.2. The van der Waals surface area contributed by atoms with Gasteiger partial charge in [-0.3, -0.25) is 14.5 Å². The highest BCUT2D eigenvalue weighted by Gasteiger charge is 2.34. The van der Waals surface area contributed by atoms with E-state index in [2.05, 4.69) is 10.2 Å². The van der Waals surface area contributed by atoms with Crippen LogP contribution in [0, 0.1) is 5.92 Å². The van der Waals surface area contributed by atoms with Crippen molar-refractivity contribution in [1.29, 1.82) is 0 Å². The summed E-state index contributed by atoms with van der Waals surface area (Å²) in [6.07, 6.45) is 0.835. The van der Waals surface area contributed by atoms with Gasteiger partial charge in [0.2, 0.25) is 5.91 Å².